The molecule has 0 saturated heterocycles. The largest absolute Gasteiger partial charge is 0.486 e. The third kappa shape index (κ3) is 4.26. The van der Waals surface area contributed by atoms with Crippen molar-refractivity contribution in [1.29, 1.82) is 0 Å². The summed E-state index contributed by atoms with van der Waals surface area (Å²) < 4.78 is 12.6. The SMILES string of the molecule is Cn1ccc(CNC(=O)c2ccc(COc3ccc([N+](=O)[O-])cc3)o2)n1. The van der Waals surface area contributed by atoms with E-state index in [9.17, 15) is 14.9 Å². The number of hydrogen-bond acceptors (Lipinski definition) is 6. The number of nitro groups is 1. The lowest BCUT2D eigenvalue weighted by Gasteiger charge is -2.04. The minimum absolute atomic E-state index is 0.0118. The Balaban J connectivity index is 1.52. The molecule has 2 aromatic heterocycles. The van der Waals surface area contributed by atoms with Gasteiger partial charge in [-0.25, -0.2) is 0 Å². The van der Waals surface area contributed by atoms with E-state index >= 15 is 0 Å². The van der Waals surface area contributed by atoms with E-state index in [2.05, 4.69) is 10.4 Å². The van der Waals surface area contributed by atoms with Gasteiger partial charge in [-0.05, 0) is 30.3 Å². The van der Waals surface area contributed by atoms with E-state index in [4.69, 9.17) is 9.15 Å². The Hall–Kier alpha value is -3.62. The number of furan rings is 1. The Bertz CT molecular complexity index is 913. The van der Waals surface area contributed by atoms with Crippen LogP contribution in [0.4, 0.5) is 5.69 Å². The molecule has 0 fully saturated rings. The highest BCUT2D eigenvalue weighted by atomic mass is 16.6. The molecule has 26 heavy (non-hydrogen) atoms. The smallest absolute Gasteiger partial charge is 0.287 e. The number of rotatable bonds is 7. The fraction of sp³-hybridized carbons (Fsp3) is 0.176. The van der Waals surface area contributed by atoms with Crippen LogP contribution in [0.5, 0.6) is 5.75 Å². The van der Waals surface area contributed by atoms with Crippen molar-refractivity contribution in [1.82, 2.24) is 15.1 Å². The molecule has 0 unspecified atom stereocenters. The van der Waals surface area contributed by atoms with Crippen LogP contribution in [0.1, 0.15) is 22.0 Å². The molecule has 1 aromatic carbocycles. The van der Waals surface area contributed by atoms with Crippen molar-refractivity contribution in [3.05, 3.63) is 76.0 Å². The first-order chi connectivity index (χ1) is 12.5. The second-order valence-electron chi connectivity index (χ2n) is 5.47. The fourth-order valence-electron chi connectivity index (χ4n) is 2.21. The van der Waals surface area contributed by atoms with Gasteiger partial charge < -0.3 is 14.5 Å². The summed E-state index contributed by atoms with van der Waals surface area (Å²) in [6.45, 7) is 0.403. The van der Waals surface area contributed by atoms with E-state index in [1.54, 1.807) is 30.1 Å². The molecule has 0 aliphatic rings. The monoisotopic (exact) mass is 356 g/mol. The zero-order chi connectivity index (χ0) is 18.5. The Morgan fingerprint density at radius 1 is 1.27 bits per heavy atom. The molecule has 0 atom stereocenters. The first-order valence-electron chi connectivity index (χ1n) is 7.74. The Morgan fingerprint density at radius 3 is 2.69 bits per heavy atom. The van der Waals surface area contributed by atoms with Gasteiger partial charge in [-0.15, -0.1) is 0 Å². The van der Waals surface area contributed by atoms with E-state index < -0.39 is 4.92 Å². The molecule has 9 heteroatoms. The van der Waals surface area contributed by atoms with Crippen molar-refractivity contribution >= 4 is 11.6 Å². The maximum absolute atomic E-state index is 12.1. The van der Waals surface area contributed by atoms with Crippen LogP contribution in [-0.4, -0.2) is 20.6 Å². The number of carbonyl (C=O) groups excluding carboxylic acids is 1. The molecule has 1 N–H and O–H groups in total. The summed E-state index contributed by atoms with van der Waals surface area (Å²) in [5, 5.41) is 17.5. The number of amides is 1. The minimum atomic E-state index is -0.480. The number of ether oxygens (including phenoxy) is 1. The number of carbonyl (C=O) groups is 1. The normalized spacial score (nSPS) is 10.5. The first kappa shape index (κ1) is 17.2. The van der Waals surface area contributed by atoms with Crippen molar-refractivity contribution in [2.75, 3.05) is 0 Å². The summed E-state index contributed by atoms with van der Waals surface area (Å²) in [5.74, 6) is 0.750. The van der Waals surface area contributed by atoms with Crippen LogP contribution in [0.2, 0.25) is 0 Å². The van der Waals surface area contributed by atoms with Crippen LogP contribution in [0.25, 0.3) is 0 Å². The molecule has 2 heterocycles. The quantitative estimate of drug-likeness (QED) is 0.514. The van der Waals surface area contributed by atoms with Gasteiger partial charge >= 0.3 is 0 Å². The third-order valence-corrected chi connectivity index (χ3v) is 3.51. The van der Waals surface area contributed by atoms with Crippen molar-refractivity contribution in [2.24, 2.45) is 7.05 Å². The van der Waals surface area contributed by atoms with Crippen LogP contribution in [-0.2, 0) is 20.2 Å². The summed E-state index contributed by atoms with van der Waals surface area (Å²) in [6, 6.07) is 10.7. The van der Waals surface area contributed by atoms with E-state index in [0.29, 0.717) is 18.1 Å². The Morgan fingerprint density at radius 2 is 2.04 bits per heavy atom. The highest BCUT2D eigenvalue weighted by Gasteiger charge is 2.12. The molecule has 3 aromatic rings. The highest BCUT2D eigenvalue weighted by molar-refractivity contribution is 5.91. The Kier molecular flexibility index (Phi) is 4.97. The molecular weight excluding hydrogens is 340 g/mol. The van der Waals surface area contributed by atoms with Crippen LogP contribution in [0.15, 0.2) is 53.1 Å². The number of hydrogen-bond donors (Lipinski definition) is 1. The minimum Gasteiger partial charge on any atom is -0.486 e. The number of nitro benzene ring substituents is 1. The Labute approximate surface area is 148 Å². The van der Waals surface area contributed by atoms with Crippen LogP contribution < -0.4 is 10.1 Å². The molecule has 1 amide bonds. The van der Waals surface area contributed by atoms with E-state index in [-0.39, 0.29) is 24.0 Å². The van der Waals surface area contributed by atoms with Gasteiger partial charge in [-0.3, -0.25) is 19.6 Å². The number of aryl methyl sites for hydroxylation is 1. The molecule has 3 rings (SSSR count). The van der Waals surface area contributed by atoms with Gasteiger partial charge in [0.2, 0.25) is 0 Å². The topological polar surface area (TPSA) is 112 Å². The maximum Gasteiger partial charge on any atom is 0.287 e. The predicted octanol–water partition coefficient (Wildman–Crippen LogP) is 2.43. The predicted molar refractivity (Wildman–Crippen MR) is 90.5 cm³/mol. The number of non-ortho nitro benzene ring substituents is 1. The van der Waals surface area contributed by atoms with Gasteiger partial charge in [0.25, 0.3) is 11.6 Å². The lowest BCUT2D eigenvalue weighted by molar-refractivity contribution is -0.384. The molecule has 0 aliphatic carbocycles. The standard InChI is InChI=1S/C17H16N4O5/c1-20-9-8-12(19-20)10-18-17(22)16-7-6-15(26-16)11-25-14-4-2-13(3-5-14)21(23)24/h2-9H,10-11H2,1H3,(H,18,22). The summed E-state index contributed by atoms with van der Waals surface area (Å²) >= 11 is 0. The van der Waals surface area contributed by atoms with E-state index in [1.165, 1.54) is 24.3 Å². The van der Waals surface area contributed by atoms with Gasteiger partial charge in [-0.1, -0.05) is 0 Å². The van der Waals surface area contributed by atoms with Crippen molar-refractivity contribution in [2.45, 2.75) is 13.2 Å². The van der Waals surface area contributed by atoms with Crippen molar-refractivity contribution in [3.63, 3.8) is 0 Å². The second kappa shape index (κ2) is 7.51. The lowest BCUT2D eigenvalue weighted by Crippen LogP contribution is -2.22. The number of nitrogens with zero attached hydrogens (tertiary/aromatic N) is 3. The fourth-order valence-corrected chi connectivity index (χ4v) is 2.21. The summed E-state index contributed by atoms with van der Waals surface area (Å²) in [4.78, 5) is 22.2. The molecule has 0 radical (unpaired) electrons. The van der Waals surface area contributed by atoms with Crippen LogP contribution in [0.3, 0.4) is 0 Å². The highest BCUT2D eigenvalue weighted by Crippen LogP contribution is 2.19. The zero-order valence-corrected chi connectivity index (χ0v) is 13.9. The number of nitrogens with one attached hydrogen (secondary N) is 1. The number of aromatic nitrogens is 2. The van der Waals surface area contributed by atoms with Gasteiger partial charge in [0.05, 0.1) is 17.2 Å². The number of benzene rings is 1. The van der Waals surface area contributed by atoms with Crippen LogP contribution in [0, 0.1) is 10.1 Å². The molecule has 0 spiro atoms. The van der Waals surface area contributed by atoms with E-state index in [0.717, 1.165) is 5.69 Å². The third-order valence-electron chi connectivity index (χ3n) is 3.51. The molecule has 0 bridgehead atoms. The van der Waals surface area contributed by atoms with Gasteiger partial charge in [0.1, 0.15) is 18.1 Å². The average Bonchev–Trinajstić information content (AvgIpc) is 3.27. The van der Waals surface area contributed by atoms with E-state index in [1.807, 2.05) is 6.07 Å². The summed E-state index contributed by atoms with van der Waals surface area (Å²) in [5.41, 5.74) is 0.733. The molecule has 134 valence electrons. The maximum atomic E-state index is 12.1. The molecular formula is C17H16N4O5. The van der Waals surface area contributed by atoms with Crippen molar-refractivity contribution in [3.8, 4) is 5.75 Å². The van der Waals surface area contributed by atoms with Gasteiger partial charge in [0.15, 0.2) is 5.76 Å². The van der Waals surface area contributed by atoms with Gasteiger partial charge in [-0.2, -0.15) is 5.10 Å². The molecule has 0 saturated carbocycles. The summed E-state index contributed by atoms with van der Waals surface area (Å²) in [7, 11) is 1.80. The van der Waals surface area contributed by atoms with Crippen molar-refractivity contribution < 1.29 is 18.9 Å². The summed E-state index contributed by atoms with van der Waals surface area (Å²) in [6.07, 6.45) is 1.79. The molecule has 0 aliphatic heterocycles. The molecule has 9 nitrogen and oxygen atoms in total. The first-order valence-corrected chi connectivity index (χ1v) is 7.74. The second-order valence-corrected chi connectivity index (χ2v) is 5.47. The zero-order valence-electron chi connectivity index (χ0n) is 13.9. The van der Waals surface area contributed by atoms with Gasteiger partial charge in [0, 0.05) is 25.4 Å². The average molecular weight is 356 g/mol. The van der Waals surface area contributed by atoms with Crippen LogP contribution >= 0.6 is 0 Å². The lowest BCUT2D eigenvalue weighted by atomic mass is 10.3.